The van der Waals surface area contributed by atoms with E-state index in [0.717, 1.165) is 45.6 Å². The van der Waals surface area contributed by atoms with Crippen molar-refractivity contribution in [2.75, 3.05) is 39.3 Å². The highest BCUT2D eigenvalue weighted by atomic mass is 19.3. The first-order valence-corrected chi connectivity index (χ1v) is 11.6. The van der Waals surface area contributed by atoms with Gasteiger partial charge in [-0.05, 0) is 33.1 Å². The zero-order valence-corrected chi connectivity index (χ0v) is 18.8. The van der Waals surface area contributed by atoms with Crippen molar-refractivity contribution in [1.29, 1.82) is 0 Å². The van der Waals surface area contributed by atoms with Crippen molar-refractivity contribution in [1.82, 2.24) is 14.7 Å². The van der Waals surface area contributed by atoms with Gasteiger partial charge in [-0.3, -0.25) is 14.7 Å². The zero-order chi connectivity index (χ0) is 20.4. The highest BCUT2D eigenvalue weighted by Gasteiger charge is 2.48. The number of rotatable bonds is 3. The van der Waals surface area contributed by atoms with Gasteiger partial charge in [-0.15, -0.1) is 0 Å². The van der Waals surface area contributed by atoms with Gasteiger partial charge in [0.2, 0.25) is 0 Å². The first kappa shape index (κ1) is 24.8. The lowest BCUT2D eigenvalue weighted by Crippen LogP contribution is -2.63. The molecule has 3 nitrogen and oxygen atoms in total. The van der Waals surface area contributed by atoms with Crippen LogP contribution in [0.5, 0.6) is 0 Å². The van der Waals surface area contributed by atoms with Crippen molar-refractivity contribution in [3.8, 4) is 0 Å². The van der Waals surface area contributed by atoms with E-state index in [2.05, 4.69) is 28.5 Å². The molecule has 1 saturated carbocycles. The first-order valence-electron chi connectivity index (χ1n) is 11.6. The average Bonchev–Trinajstić information content (AvgIpc) is 2.71. The Bertz CT molecular complexity index is 376. The van der Waals surface area contributed by atoms with Crippen LogP contribution in [0, 0.1) is 0 Å². The molecule has 3 fully saturated rings. The molecule has 1 atom stereocenters. The third kappa shape index (κ3) is 6.93. The van der Waals surface area contributed by atoms with Gasteiger partial charge in [0.1, 0.15) is 0 Å². The summed E-state index contributed by atoms with van der Waals surface area (Å²) in [7, 11) is 0. The smallest absolute Gasteiger partial charge is 0.275 e. The molecule has 0 aromatic heterocycles. The van der Waals surface area contributed by atoms with Crippen LogP contribution in [0.25, 0.3) is 0 Å². The second-order valence-corrected chi connectivity index (χ2v) is 7.99. The van der Waals surface area contributed by atoms with Crippen LogP contribution in [0.4, 0.5) is 8.78 Å². The van der Waals surface area contributed by atoms with E-state index in [1.165, 1.54) is 19.3 Å². The van der Waals surface area contributed by atoms with Gasteiger partial charge in [-0.25, -0.2) is 8.78 Å². The summed E-state index contributed by atoms with van der Waals surface area (Å²) >= 11 is 0. The summed E-state index contributed by atoms with van der Waals surface area (Å²) in [6.45, 7) is 16.7. The fourth-order valence-corrected chi connectivity index (χ4v) is 4.73. The monoisotopic (exact) mass is 389 g/mol. The molecule has 0 radical (unpaired) electrons. The summed E-state index contributed by atoms with van der Waals surface area (Å²) in [6, 6.07) is 0.385. The molecule has 0 aromatic rings. The van der Waals surface area contributed by atoms with Crippen molar-refractivity contribution < 1.29 is 8.78 Å². The fourth-order valence-electron chi connectivity index (χ4n) is 4.73. The summed E-state index contributed by atoms with van der Waals surface area (Å²) in [5, 5.41) is 0. The van der Waals surface area contributed by atoms with E-state index in [9.17, 15) is 8.78 Å². The summed E-state index contributed by atoms with van der Waals surface area (Å²) < 4.78 is 29.6. The average molecular weight is 390 g/mol. The number of piperazine rings is 1. The Kier molecular flexibility index (Phi) is 11.3. The van der Waals surface area contributed by atoms with E-state index in [0.29, 0.717) is 18.5 Å². The van der Waals surface area contributed by atoms with Gasteiger partial charge in [0, 0.05) is 44.8 Å². The fraction of sp³-hybridized carbons (Fsp3) is 1.00. The van der Waals surface area contributed by atoms with Crippen LogP contribution in [-0.2, 0) is 0 Å². The van der Waals surface area contributed by atoms with E-state index in [1.807, 2.05) is 27.7 Å². The second kappa shape index (κ2) is 12.3. The molecule has 1 unspecified atom stereocenters. The summed E-state index contributed by atoms with van der Waals surface area (Å²) in [4.78, 5) is 6.56. The van der Waals surface area contributed by atoms with Crippen LogP contribution >= 0.6 is 0 Å². The number of likely N-dealkylation sites (tertiary alicyclic amines) is 1. The van der Waals surface area contributed by atoms with Crippen molar-refractivity contribution in [2.24, 2.45) is 0 Å². The third-order valence-electron chi connectivity index (χ3n) is 6.20. The largest absolute Gasteiger partial charge is 0.298 e. The Hall–Kier alpha value is -0.260. The molecular weight excluding hydrogens is 344 g/mol. The topological polar surface area (TPSA) is 9.72 Å². The molecule has 2 saturated heterocycles. The van der Waals surface area contributed by atoms with Crippen molar-refractivity contribution in [3.63, 3.8) is 0 Å². The van der Waals surface area contributed by atoms with E-state index in [4.69, 9.17) is 0 Å². The van der Waals surface area contributed by atoms with Gasteiger partial charge in [-0.2, -0.15) is 0 Å². The predicted molar refractivity (Wildman–Crippen MR) is 113 cm³/mol. The lowest BCUT2D eigenvalue weighted by molar-refractivity contribution is -0.142. The molecule has 27 heavy (non-hydrogen) atoms. The Morgan fingerprint density at radius 3 is 1.78 bits per heavy atom. The summed E-state index contributed by atoms with van der Waals surface area (Å²) in [5.41, 5.74) is 0. The lowest BCUT2D eigenvalue weighted by Gasteiger charge is -2.48. The van der Waals surface area contributed by atoms with E-state index >= 15 is 0 Å². The van der Waals surface area contributed by atoms with Crippen LogP contribution in [-0.4, -0.2) is 78.0 Å². The molecule has 3 rings (SSSR count). The number of halogens is 2. The molecule has 0 N–H and O–H groups in total. The van der Waals surface area contributed by atoms with Crippen LogP contribution in [0.2, 0.25) is 0 Å². The zero-order valence-electron chi connectivity index (χ0n) is 18.8. The van der Waals surface area contributed by atoms with Crippen LogP contribution in [0.15, 0.2) is 0 Å². The molecule has 3 aliphatic rings. The normalized spacial score (nSPS) is 28.1. The molecule has 5 heteroatoms. The quantitative estimate of drug-likeness (QED) is 0.664. The number of alkyl halides is 2. The molecule has 0 spiro atoms. The van der Waals surface area contributed by atoms with Crippen molar-refractivity contribution in [2.45, 2.75) is 104 Å². The molecule has 2 heterocycles. The minimum Gasteiger partial charge on any atom is -0.298 e. The SMILES string of the molecule is CC.CC.CC(C)N1CCN(C2CCN(C3CCCCC3)CC2(F)F)CC1. The van der Waals surface area contributed by atoms with Gasteiger partial charge in [0.15, 0.2) is 0 Å². The molecule has 2 aliphatic heterocycles. The molecule has 0 amide bonds. The molecule has 0 aromatic carbocycles. The van der Waals surface area contributed by atoms with Crippen LogP contribution in [0.1, 0.15) is 80.1 Å². The Morgan fingerprint density at radius 1 is 0.741 bits per heavy atom. The van der Waals surface area contributed by atoms with Crippen molar-refractivity contribution >= 4 is 0 Å². The van der Waals surface area contributed by atoms with Gasteiger partial charge < -0.3 is 0 Å². The van der Waals surface area contributed by atoms with Gasteiger partial charge in [-0.1, -0.05) is 47.0 Å². The number of nitrogens with zero attached hydrogens (tertiary/aromatic N) is 3. The number of hydrogen-bond acceptors (Lipinski definition) is 3. The third-order valence-corrected chi connectivity index (χ3v) is 6.20. The van der Waals surface area contributed by atoms with Crippen LogP contribution in [0.3, 0.4) is 0 Å². The Balaban J connectivity index is 0.000000855. The highest BCUT2D eigenvalue weighted by molar-refractivity contribution is 4.96. The maximum Gasteiger partial charge on any atom is 0.275 e. The second-order valence-electron chi connectivity index (χ2n) is 7.99. The molecule has 1 aliphatic carbocycles. The number of hydrogen-bond donors (Lipinski definition) is 0. The Morgan fingerprint density at radius 2 is 1.30 bits per heavy atom. The summed E-state index contributed by atoms with van der Waals surface area (Å²) in [5.74, 6) is -2.56. The molecular formula is C22H45F2N3. The molecule has 162 valence electrons. The Labute approximate surface area is 167 Å². The predicted octanol–water partition coefficient (Wildman–Crippen LogP) is 5.11. The van der Waals surface area contributed by atoms with Gasteiger partial charge in [0.25, 0.3) is 5.92 Å². The number of piperidine rings is 1. The maximum absolute atomic E-state index is 14.8. The van der Waals surface area contributed by atoms with Crippen LogP contribution < -0.4 is 0 Å². The minimum absolute atomic E-state index is 0.0211. The highest BCUT2D eigenvalue weighted by Crippen LogP contribution is 2.35. The lowest BCUT2D eigenvalue weighted by atomic mass is 9.90. The maximum atomic E-state index is 14.8. The van der Waals surface area contributed by atoms with E-state index in [-0.39, 0.29) is 6.54 Å². The van der Waals surface area contributed by atoms with Gasteiger partial charge >= 0.3 is 0 Å². The van der Waals surface area contributed by atoms with Crippen molar-refractivity contribution in [3.05, 3.63) is 0 Å². The standard InChI is InChI=1S/C18H33F2N3.2C2H6/c1-15(2)21-10-12-22(13-11-21)17-8-9-23(14-18(17,19)20)16-6-4-3-5-7-16;2*1-2/h15-17H,3-14H2,1-2H3;2*1-2H3. The van der Waals surface area contributed by atoms with E-state index in [1.54, 1.807) is 0 Å². The van der Waals surface area contributed by atoms with E-state index < -0.39 is 12.0 Å². The first-order chi connectivity index (χ1) is 13.0. The summed E-state index contributed by atoms with van der Waals surface area (Å²) in [6.07, 6.45) is 6.58. The molecule has 0 bridgehead atoms. The minimum atomic E-state index is -2.56. The van der Waals surface area contributed by atoms with Gasteiger partial charge in [0.05, 0.1) is 12.6 Å².